The number of nitrogens with zero attached hydrogens (tertiary/aromatic N) is 1. The molecular formula is C15H30N2. The van der Waals surface area contributed by atoms with Crippen molar-refractivity contribution < 1.29 is 0 Å². The van der Waals surface area contributed by atoms with Gasteiger partial charge >= 0.3 is 0 Å². The van der Waals surface area contributed by atoms with E-state index in [0.717, 1.165) is 17.9 Å². The highest BCUT2D eigenvalue weighted by Gasteiger charge is 2.22. The van der Waals surface area contributed by atoms with Gasteiger partial charge in [-0.25, -0.2) is 0 Å². The summed E-state index contributed by atoms with van der Waals surface area (Å²) in [5.41, 5.74) is 0. The van der Waals surface area contributed by atoms with E-state index in [9.17, 15) is 0 Å². The van der Waals surface area contributed by atoms with Gasteiger partial charge in [0.2, 0.25) is 0 Å². The molecule has 0 aromatic carbocycles. The van der Waals surface area contributed by atoms with Crippen molar-refractivity contribution in [3.8, 4) is 0 Å². The molecule has 2 heterocycles. The summed E-state index contributed by atoms with van der Waals surface area (Å²) < 4.78 is 0. The molecule has 1 N–H and O–H groups in total. The zero-order chi connectivity index (χ0) is 12.1. The van der Waals surface area contributed by atoms with Gasteiger partial charge in [0, 0.05) is 12.6 Å². The van der Waals surface area contributed by atoms with Crippen LogP contribution >= 0.6 is 0 Å². The first-order chi connectivity index (χ1) is 8.28. The summed E-state index contributed by atoms with van der Waals surface area (Å²) in [6.45, 7) is 10.0. The lowest BCUT2D eigenvalue weighted by Gasteiger charge is -2.32. The SMILES string of the molecule is CCC1CCCN(CC2CCNC(C)C2)CC1. The van der Waals surface area contributed by atoms with Crippen LogP contribution in [0.3, 0.4) is 0 Å². The van der Waals surface area contributed by atoms with Crippen LogP contribution < -0.4 is 5.32 Å². The Morgan fingerprint density at radius 3 is 2.76 bits per heavy atom. The Morgan fingerprint density at radius 2 is 2.00 bits per heavy atom. The number of rotatable bonds is 3. The van der Waals surface area contributed by atoms with Crippen LogP contribution in [0.1, 0.15) is 52.4 Å². The molecule has 0 amide bonds. The van der Waals surface area contributed by atoms with Gasteiger partial charge in [-0.2, -0.15) is 0 Å². The quantitative estimate of drug-likeness (QED) is 0.813. The molecule has 2 aliphatic rings. The molecule has 0 aromatic heterocycles. The van der Waals surface area contributed by atoms with Gasteiger partial charge in [-0.1, -0.05) is 13.3 Å². The lowest BCUT2D eigenvalue weighted by Crippen LogP contribution is -2.40. The van der Waals surface area contributed by atoms with Crippen LogP contribution in [0.4, 0.5) is 0 Å². The number of likely N-dealkylation sites (tertiary alicyclic amines) is 1. The normalized spacial score (nSPS) is 36.7. The second-order valence-electron chi connectivity index (χ2n) is 6.25. The van der Waals surface area contributed by atoms with Crippen molar-refractivity contribution in [1.29, 1.82) is 0 Å². The zero-order valence-electron chi connectivity index (χ0n) is 11.8. The summed E-state index contributed by atoms with van der Waals surface area (Å²) in [6.07, 6.45) is 8.50. The molecule has 0 aromatic rings. The van der Waals surface area contributed by atoms with Crippen LogP contribution in [0.2, 0.25) is 0 Å². The zero-order valence-corrected chi connectivity index (χ0v) is 11.8. The van der Waals surface area contributed by atoms with Gasteiger partial charge in [-0.3, -0.25) is 0 Å². The molecule has 17 heavy (non-hydrogen) atoms. The number of piperidine rings is 1. The second kappa shape index (κ2) is 6.75. The fourth-order valence-electron chi connectivity index (χ4n) is 3.58. The highest BCUT2D eigenvalue weighted by atomic mass is 15.1. The van der Waals surface area contributed by atoms with E-state index in [4.69, 9.17) is 0 Å². The molecule has 100 valence electrons. The smallest absolute Gasteiger partial charge is 0.00418 e. The first kappa shape index (κ1) is 13.4. The number of hydrogen-bond acceptors (Lipinski definition) is 2. The first-order valence-corrected chi connectivity index (χ1v) is 7.73. The van der Waals surface area contributed by atoms with Crippen molar-refractivity contribution in [2.75, 3.05) is 26.2 Å². The molecule has 2 rings (SSSR count). The van der Waals surface area contributed by atoms with E-state index < -0.39 is 0 Å². The molecule has 2 fully saturated rings. The van der Waals surface area contributed by atoms with Gasteiger partial charge in [0.25, 0.3) is 0 Å². The molecule has 2 aliphatic heterocycles. The van der Waals surface area contributed by atoms with Crippen molar-refractivity contribution in [3.63, 3.8) is 0 Å². The van der Waals surface area contributed by atoms with E-state index in [1.807, 2.05) is 0 Å². The van der Waals surface area contributed by atoms with Crippen molar-refractivity contribution in [1.82, 2.24) is 10.2 Å². The van der Waals surface area contributed by atoms with Crippen LogP contribution in [-0.2, 0) is 0 Å². The molecule has 0 saturated carbocycles. The van der Waals surface area contributed by atoms with Crippen molar-refractivity contribution >= 4 is 0 Å². The largest absolute Gasteiger partial charge is 0.314 e. The second-order valence-corrected chi connectivity index (χ2v) is 6.25. The Labute approximate surface area is 107 Å². The molecular weight excluding hydrogens is 208 g/mol. The van der Waals surface area contributed by atoms with Crippen molar-refractivity contribution in [3.05, 3.63) is 0 Å². The van der Waals surface area contributed by atoms with Gasteiger partial charge in [0.15, 0.2) is 0 Å². The standard InChI is InChI=1S/C15H30N2/c1-3-14-5-4-9-17(10-7-14)12-15-6-8-16-13(2)11-15/h13-16H,3-12H2,1-2H3. The van der Waals surface area contributed by atoms with Gasteiger partial charge in [0.1, 0.15) is 0 Å². The van der Waals surface area contributed by atoms with Crippen LogP contribution in [0.25, 0.3) is 0 Å². The predicted molar refractivity (Wildman–Crippen MR) is 74.3 cm³/mol. The summed E-state index contributed by atoms with van der Waals surface area (Å²) in [5.74, 6) is 1.95. The lowest BCUT2D eigenvalue weighted by atomic mass is 9.92. The third-order valence-electron chi connectivity index (χ3n) is 4.77. The minimum atomic E-state index is 0.740. The minimum absolute atomic E-state index is 0.740. The molecule has 2 saturated heterocycles. The highest BCUT2D eigenvalue weighted by Crippen LogP contribution is 2.23. The number of hydrogen-bond donors (Lipinski definition) is 1. The molecule has 0 radical (unpaired) electrons. The van der Waals surface area contributed by atoms with Gasteiger partial charge in [0.05, 0.1) is 0 Å². The van der Waals surface area contributed by atoms with Gasteiger partial charge in [-0.05, 0) is 70.5 Å². The van der Waals surface area contributed by atoms with E-state index >= 15 is 0 Å². The Morgan fingerprint density at radius 1 is 1.12 bits per heavy atom. The van der Waals surface area contributed by atoms with E-state index in [1.54, 1.807) is 0 Å². The van der Waals surface area contributed by atoms with Gasteiger partial charge < -0.3 is 10.2 Å². The van der Waals surface area contributed by atoms with Crippen molar-refractivity contribution in [2.24, 2.45) is 11.8 Å². The summed E-state index contributed by atoms with van der Waals surface area (Å²) in [5, 5.41) is 3.56. The van der Waals surface area contributed by atoms with Crippen LogP contribution in [0, 0.1) is 11.8 Å². The fraction of sp³-hybridized carbons (Fsp3) is 1.00. The maximum atomic E-state index is 3.56. The topological polar surface area (TPSA) is 15.3 Å². The van der Waals surface area contributed by atoms with Crippen molar-refractivity contribution in [2.45, 2.75) is 58.4 Å². The summed E-state index contributed by atoms with van der Waals surface area (Å²) in [6, 6.07) is 0.740. The van der Waals surface area contributed by atoms with Gasteiger partial charge in [-0.15, -0.1) is 0 Å². The average molecular weight is 238 g/mol. The van der Waals surface area contributed by atoms with E-state index in [-0.39, 0.29) is 0 Å². The molecule has 3 atom stereocenters. The maximum Gasteiger partial charge on any atom is 0.00418 e. The van der Waals surface area contributed by atoms with Crippen LogP contribution in [0.5, 0.6) is 0 Å². The predicted octanol–water partition coefficient (Wildman–Crippen LogP) is 2.89. The van der Waals surface area contributed by atoms with E-state index in [1.165, 1.54) is 64.7 Å². The third-order valence-corrected chi connectivity index (χ3v) is 4.77. The summed E-state index contributed by atoms with van der Waals surface area (Å²) in [4.78, 5) is 2.75. The molecule has 0 aliphatic carbocycles. The summed E-state index contributed by atoms with van der Waals surface area (Å²) >= 11 is 0. The maximum absolute atomic E-state index is 3.56. The Kier molecular flexibility index (Phi) is 5.30. The third kappa shape index (κ3) is 4.26. The lowest BCUT2D eigenvalue weighted by molar-refractivity contribution is 0.195. The molecule has 0 bridgehead atoms. The Bertz CT molecular complexity index is 217. The molecule has 2 nitrogen and oxygen atoms in total. The number of nitrogens with one attached hydrogen (secondary N) is 1. The fourth-order valence-corrected chi connectivity index (χ4v) is 3.58. The molecule has 0 spiro atoms. The van der Waals surface area contributed by atoms with E-state index in [0.29, 0.717) is 0 Å². The van der Waals surface area contributed by atoms with Crippen LogP contribution in [-0.4, -0.2) is 37.1 Å². The summed E-state index contributed by atoms with van der Waals surface area (Å²) in [7, 11) is 0. The van der Waals surface area contributed by atoms with E-state index in [2.05, 4.69) is 24.1 Å². The molecule has 3 unspecified atom stereocenters. The highest BCUT2D eigenvalue weighted by molar-refractivity contribution is 4.79. The Balaban J connectivity index is 1.74. The monoisotopic (exact) mass is 238 g/mol. The first-order valence-electron chi connectivity index (χ1n) is 7.73. The average Bonchev–Trinajstić information content (AvgIpc) is 2.54. The minimum Gasteiger partial charge on any atom is -0.314 e. The van der Waals surface area contributed by atoms with Crippen LogP contribution in [0.15, 0.2) is 0 Å². The Hall–Kier alpha value is -0.0800. The molecule has 2 heteroatoms.